The average molecular weight is 162 g/mol. The Kier molecular flexibility index (Phi) is 1.24. The molecule has 0 saturated carbocycles. The molecule has 2 aliphatic rings. The standard InChI is InChI=1S/C8H6N2O2/c9-4-1-2-5-6(3-4)8(12)10-7(5)11/h1-3,5,9H,(H,10,11,12). The molecular weight excluding hydrogens is 156 g/mol. The largest absolute Gasteiger partial charge is 0.301 e. The number of fused-ring (bicyclic) bond motifs is 1. The molecule has 1 heterocycles. The normalized spacial score (nSPS) is 26.8. The van der Waals surface area contributed by atoms with Gasteiger partial charge in [-0.25, -0.2) is 0 Å². The Bertz CT molecular complexity index is 352. The van der Waals surface area contributed by atoms with Gasteiger partial charge in [-0.05, 0) is 12.2 Å². The van der Waals surface area contributed by atoms with Gasteiger partial charge in [0.25, 0.3) is 5.91 Å². The Morgan fingerprint density at radius 1 is 1.42 bits per heavy atom. The molecule has 4 nitrogen and oxygen atoms in total. The number of amides is 2. The summed E-state index contributed by atoms with van der Waals surface area (Å²) in [6.07, 6.45) is 4.51. The van der Waals surface area contributed by atoms with Crippen molar-refractivity contribution < 1.29 is 9.59 Å². The van der Waals surface area contributed by atoms with Gasteiger partial charge < -0.3 is 5.41 Å². The summed E-state index contributed by atoms with van der Waals surface area (Å²) in [7, 11) is 0. The summed E-state index contributed by atoms with van der Waals surface area (Å²) in [5.41, 5.74) is 0.638. The lowest BCUT2D eigenvalue weighted by Gasteiger charge is -2.05. The fraction of sp³-hybridized carbons (Fsp3) is 0.125. The van der Waals surface area contributed by atoms with Crippen LogP contribution in [-0.2, 0) is 9.59 Å². The van der Waals surface area contributed by atoms with Gasteiger partial charge in [0.2, 0.25) is 5.91 Å². The Morgan fingerprint density at radius 2 is 2.17 bits per heavy atom. The van der Waals surface area contributed by atoms with Crippen molar-refractivity contribution in [2.24, 2.45) is 5.92 Å². The van der Waals surface area contributed by atoms with Crippen LogP contribution in [-0.4, -0.2) is 17.5 Å². The number of hydrogen-bond donors (Lipinski definition) is 2. The van der Waals surface area contributed by atoms with Gasteiger partial charge in [0.1, 0.15) is 0 Å². The molecule has 1 aliphatic heterocycles. The maximum atomic E-state index is 11.0. The number of hydrogen-bond acceptors (Lipinski definition) is 3. The molecular formula is C8H6N2O2. The molecule has 1 saturated heterocycles. The van der Waals surface area contributed by atoms with Gasteiger partial charge in [-0.15, -0.1) is 0 Å². The summed E-state index contributed by atoms with van der Waals surface area (Å²) < 4.78 is 0. The molecule has 2 rings (SSSR count). The van der Waals surface area contributed by atoms with Crippen molar-refractivity contribution in [1.82, 2.24) is 5.32 Å². The minimum absolute atomic E-state index is 0.256. The second-order valence-electron chi connectivity index (χ2n) is 2.71. The van der Waals surface area contributed by atoms with Crippen molar-refractivity contribution in [3.8, 4) is 0 Å². The summed E-state index contributed by atoms with van der Waals surface area (Å²) in [5, 5.41) is 9.43. The lowest BCUT2D eigenvalue weighted by atomic mass is 9.95. The Morgan fingerprint density at radius 3 is 2.92 bits per heavy atom. The van der Waals surface area contributed by atoms with Crippen LogP contribution >= 0.6 is 0 Å². The van der Waals surface area contributed by atoms with E-state index >= 15 is 0 Å². The third kappa shape index (κ3) is 0.812. The van der Waals surface area contributed by atoms with E-state index in [1.165, 1.54) is 12.2 Å². The highest BCUT2D eigenvalue weighted by Crippen LogP contribution is 2.22. The minimum Gasteiger partial charge on any atom is -0.301 e. The Hall–Kier alpha value is -1.71. The number of carbonyl (C=O) groups is 2. The van der Waals surface area contributed by atoms with Gasteiger partial charge in [0.05, 0.1) is 11.6 Å². The highest BCUT2D eigenvalue weighted by molar-refractivity contribution is 6.21. The van der Waals surface area contributed by atoms with E-state index in [0.717, 1.165) is 0 Å². The van der Waals surface area contributed by atoms with Gasteiger partial charge in [0, 0.05) is 5.57 Å². The lowest BCUT2D eigenvalue weighted by molar-refractivity contribution is -0.125. The van der Waals surface area contributed by atoms with Gasteiger partial charge in [0.15, 0.2) is 0 Å². The van der Waals surface area contributed by atoms with Crippen molar-refractivity contribution >= 4 is 17.5 Å². The van der Waals surface area contributed by atoms with Crippen LogP contribution in [0.15, 0.2) is 23.8 Å². The fourth-order valence-corrected chi connectivity index (χ4v) is 1.31. The van der Waals surface area contributed by atoms with Crippen LogP contribution in [0.1, 0.15) is 0 Å². The highest BCUT2D eigenvalue weighted by atomic mass is 16.2. The van der Waals surface area contributed by atoms with E-state index in [2.05, 4.69) is 5.32 Å². The number of carbonyl (C=O) groups excluding carboxylic acids is 2. The highest BCUT2D eigenvalue weighted by Gasteiger charge is 2.35. The smallest absolute Gasteiger partial charge is 0.255 e. The van der Waals surface area contributed by atoms with Crippen molar-refractivity contribution in [2.45, 2.75) is 0 Å². The molecule has 4 heteroatoms. The third-order valence-corrected chi connectivity index (χ3v) is 1.90. The maximum Gasteiger partial charge on any atom is 0.255 e. The van der Waals surface area contributed by atoms with Gasteiger partial charge in [-0.1, -0.05) is 6.08 Å². The van der Waals surface area contributed by atoms with Crippen molar-refractivity contribution in [3.05, 3.63) is 23.8 Å². The van der Waals surface area contributed by atoms with Gasteiger partial charge >= 0.3 is 0 Å². The SMILES string of the molecule is N=C1C=CC2C(=O)NC(=O)C2=C1. The summed E-state index contributed by atoms with van der Waals surface area (Å²) in [6, 6.07) is 0. The first-order chi connectivity index (χ1) is 5.68. The second-order valence-corrected chi connectivity index (χ2v) is 2.71. The first kappa shape index (κ1) is 6.97. The molecule has 0 radical (unpaired) electrons. The van der Waals surface area contributed by atoms with E-state index in [0.29, 0.717) is 5.57 Å². The average Bonchev–Trinajstić information content (AvgIpc) is 2.28. The van der Waals surface area contributed by atoms with Crippen molar-refractivity contribution in [1.29, 1.82) is 5.41 Å². The predicted molar refractivity (Wildman–Crippen MR) is 41.6 cm³/mol. The molecule has 2 N–H and O–H groups in total. The van der Waals surface area contributed by atoms with Crippen LogP contribution in [0.4, 0.5) is 0 Å². The molecule has 0 aromatic heterocycles. The summed E-state index contributed by atoms with van der Waals surface area (Å²) in [4.78, 5) is 22.1. The molecule has 0 bridgehead atoms. The van der Waals surface area contributed by atoms with E-state index in [9.17, 15) is 9.59 Å². The van der Waals surface area contributed by atoms with Crippen LogP contribution in [0.25, 0.3) is 0 Å². The van der Waals surface area contributed by atoms with Crippen LogP contribution in [0, 0.1) is 11.3 Å². The quantitative estimate of drug-likeness (QED) is 0.483. The minimum atomic E-state index is -0.466. The van der Waals surface area contributed by atoms with Gasteiger partial charge in [-0.2, -0.15) is 0 Å². The molecule has 0 aromatic rings. The summed E-state index contributed by atoms with van der Waals surface area (Å²) in [5.74, 6) is -1.14. The molecule has 0 aromatic carbocycles. The third-order valence-electron chi connectivity index (χ3n) is 1.90. The molecule has 1 aliphatic carbocycles. The zero-order valence-electron chi connectivity index (χ0n) is 6.13. The van der Waals surface area contributed by atoms with Crippen LogP contribution < -0.4 is 5.32 Å². The summed E-state index contributed by atoms with van der Waals surface area (Å²) in [6.45, 7) is 0. The Balaban J connectivity index is 2.47. The molecule has 12 heavy (non-hydrogen) atoms. The molecule has 1 unspecified atom stereocenters. The molecule has 1 atom stereocenters. The molecule has 2 amide bonds. The Labute approximate surface area is 68.5 Å². The van der Waals surface area contributed by atoms with Crippen LogP contribution in [0.2, 0.25) is 0 Å². The first-order valence-corrected chi connectivity index (χ1v) is 3.52. The fourth-order valence-electron chi connectivity index (χ4n) is 1.31. The van der Waals surface area contributed by atoms with Crippen LogP contribution in [0.3, 0.4) is 0 Å². The number of nitrogens with one attached hydrogen (secondary N) is 2. The number of imide groups is 1. The van der Waals surface area contributed by atoms with Crippen molar-refractivity contribution in [3.63, 3.8) is 0 Å². The van der Waals surface area contributed by atoms with E-state index < -0.39 is 5.92 Å². The van der Waals surface area contributed by atoms with E-state index in [1.807, 2.05) is 0 Å². The van der Waals surface area contributed by atoms with E-state index in [1.54, 1.807) is 6.08 Å². The van der Waals surface area contributed by atoms with E-state index in [4.69, 9.17) is 5.41 Å². The second kappa shape index (κ2) is 2.14. The number of rotatable bonds is 0. The molecule has 0 spiro atoms. The molecule has 60 valence electrons. The lowest BCUT2D eigenvalue weighted by Crippen LogP contribution is -2.21. The molecule has 1 fully saturated rings. The van der Waals surface area contributed by atoms with Crippen LogP contribution in [0.5, 0.6) is 0 Å². The summed E-state index contributed by atoms with van der Waals surface area (Å²) >= 11 is 0. The first-order valence-electron chi connectivity index (χ1n) is 3.52. The van der Waals surface area contributed by atoms with E-state index in [-0.39, 0.29) is 17.5 Å². The number of allylic oxidation sites excluding steroid dienone is 2. The predicted octanol–water partition coefficient (Wildman–Crippen LogP) is -0.225. The monoisotopic (exact) mass is 162 g/mol. The zero-order valence-corrected chi connectivity index (χ0v) is 6.13. The van der Waals surface area contributed by atoms with Crippen molar-refractivity contribution in [2.75, 3.05) is 0 Å². The van der Waals surface area contributed by atoms with Gasteiger partial charge in [-0.3, -0.25) is 14.9 Å². The zero-order chi connectivity index (χ0) is 8.72. The topological polar surface area (TPSA) is 70.0 Å². The maximum absolute atomic E-state index is 11.0.